The molecule has 2 aromatic carbocycles. The van der Waals surface area contributed by atoms with Crippen molar-refractivity contribution in [3.05, 3.63) is 65.2 Å². The van der Waals surface area contributed by atoms with Crippen molar-refractivity contribution in [2.45, 2.75) is 19.3 Å². The number of carbonyl (C=O) groups is 1. The van der Waals surface area contributed by atoms with Crippen LogP contribution in [0.5, 0.6) is 5.75 Å². The highest BCUT2D eigenvalue weighted by Crippen LogP contribution is 2.31. The molecule has 0 radical (unpaired) electrons. The van der Waals surface area contributed by atoms with E-state index in [1.165, 1.54) is 0 Å². The van der Waals surface area contributed by atoms with Gasteiger partial charge in [0.2, 0.25) is 5.24 Å². The molecule has 0 heterocycles. The summed E-state index contributed by atoms with van der Waals surface area (Å²) in [6.45, 7) is 1.99. The van der Waals surface area contributed by atoms with E-state index in [0.717, 1.165) is 22.4 Å². The topological polar surface area (TPSA) is 26.3 Å². The molecule has 0 spiro atoms. The lowest BCUT2D eigenvalue weighted by atomic mass is 9.88. The van der Waals surface area contributed by atoms with Gasteiger partial charge >= 0.3 is 0 Å². The highest BCUT2D eigenvalue weighted by atomic mass is 35.5. The number of carbonyl (C=O) groups excluding carboxylic acids is 1. The Morgan fingerprint density at radius 1 is 1.15 bits per heavy atom. The second-order valence-electron chi connectivity index (χ2n) is 4.75. The van der Waals surface area contributed by atoms with Crippen LogP contribution in [-0.2, 0) is 4.79 Å². The molecule has 0 amide bonds. The maximum atomic E-state index is 11.3. The number of rotatable bonds is 5. The number of hydrogen-bond acceptors (Lipinski definition) is 2. The van der Waals surface area contributed by atoms with Crippen molar-refractivity contribution in [2.24, 2.45) is 0 Å². The summed E-state index contributed by atoms with van der Waals surface area (Å²) in [6, 6.07) is 15.9. The van der Waals surface area contributed by atoms with Gasteiger partial charge in [-0.1, -0.05) is 42.5 Å². The lowest BCUT2D eigenvalue weighted by Gasteiger charge is -2.17. The molecule has 0 saturated carbocycles. The summed E-state index contributed by atoms with van der Waals surface area (Å²) in [5, 5.41) is -0.327. The van der Waals surface area contributed by atoms with E-state index in [-0.39, 0.29) is 17.6 Å². The zero-order valence-electron chi connectivity index (χ0n) is 11.6. The number of benzene rings is 2. The molecule has 2 aromatic rings. The summed E-state index contributed by atoms with van der Waals surface area (Å²) in [5.74, 6) is 0.823. The molecule has 2 rings (SSSR count). The molecule has 0 bridgehead atoms. The number of ether oxygens (including phenoxy) is 1. The van der Waals surface area contributed by atoms with E-state index in [1.807, 2.05) is 49.4 Å². The standard InChI is InChI=1S/C17H17ClO2/c1-12-10-14(8-9-16(12)20-2)15(11-17(18)19)13-6-4-3-5-7-13/h3-10,15H,11H2,1-2H3. The Morgan fingerprint density at radius 3 is 2.40 bits per heavy atom. The summed E-state index contributed by atoms with van der Waals surface area (Å²) in [7, 11) is 1.65. The molecule has 0 N–H and O–H groups in total. The molecule has 0 aliphatic carbocycles. The molecule has 2 nitrogen and oxygen atoms in total. The molecule has 0 fully saturated rings. The van der Waals surface area contributed by atoms with Crippen molar-refractivity contribution in [3.8, 4) is 5.75 Å². The summed E-state index contributed by atoms with van der Waals surface area (Å²) < 4.78 is 5.27. The lowest BCUT2D eigenvalue weighted by Crippen LogP contribution is -2.05. The van der Waals surface area contributed by atoms with Crippen molar-refractivity contribution in [3.63, 3.8) is 0 Å². The van der Waals surface area contributed by atoms with Gasteiger partial charge in [-0.05, 0) is 41.3 Å². The summed E-state index contributed by atoms with van der Waals surface area (Å²) in [5.41, 5.74) is 3.21. The Bertz CT molecular complexity index is 593. The summed E-state index contributed by atoms with van der Waals surface area (Å²) in [6.07, 6.45) is 0.289. The molecular formula is C17H17ClO2. The third-order valence-electron chi connectivity index (χ3n) is 3.39. The van der Waals surface area contributed by atoms with Gasteiger partial charge in [0.1, 0.15) is 5.75 Å². The van der Waals surface area contributed by atoms with Crippen molar-refractivity contribution < 1.29 is 9.53 Å². The van der Waals surface area contributed by atoms with Crippen molar-refractivity contribution in [1.82, 2.24) is 0 Å². The first kappa shape index (κ1) is 14.6. The molecule has 3 heteroatoms. The van der Waals surface area contributed by atoms with Crippen LogP contribution >= 0.6 is 11.6 Å². The van der Waals surface area contributed by atoms with E-state index < -0.39 is 0 Å². The first-order valence-corrected chi connectivity index (χ1v) is 6.87. The second kappa shape index (κ2) is 6.58. The predicted octanol–water partition coefficient (Wildman–Crippen LogP) is 4.29. The lowest BCUT2D eigenvalue weighted by molar-refractivity contribution is -0.111. The van der Waals surface area contributed by atoms with Crippen molar-refractivity contribution >= 4 is 16.8 Å². The van der Waals surface area contributed by atoms with E-state index in [4.69, 9.17) is 16.3 Å². The van der Waals surface area contributed by atoms with E-state index in [9.17, 15) is 4.79 Å². The highest BCUT2D eigenvalue weighted by molar-refractivity contribution is 6.63. The predicted molar refractivity (Wildman–Crippen MR) is 81.5 cm³/mol. The van der Waals surface area contributed by atoms with Gasteiger partial charge in [-0.15, -0.1) is 0 Å². The van der Waals surface area contributed by atoms with E-state index in [0.29, 0.717) is 0 Å². The molecule has 20 heavy (non-hydrogen) atoms. The highest BCUT2D eigenvalue weighted by Gasteiger charge is 2.18. The van der Waals surface area contributed by atoms with Gasteiger partial charge in [0, 0.05) is 12.3 Å². The Labute approximate surface area is 124 Å². The van der Waals surface area contributed by atoms with Gasteiger partial charge in [0.05, 0.1) is 7.11 Å². The van der Waals surface area contributed by atoms with Crippen molar-refractivity contribution in [2.75, 3.05) is 7.11 Å². The average molecular weight is 289 g/mol. The molecule has 0 aromatic heterocycles. The minimum absolute atomic E-state index is 0.0224. The van der Waals surface area contributed by atoms with Gasteiger partial charge in [-0.2, -0.15) is 0 Å². The molecule has 104 valence electrons. The van der Waals surface area contributed by atoms with Crippen LogP contribution in [0.25, 0.3) is 0 Å². The Balaban J connectivity index is 2.41. The number of aryl methyl sites for hydroxylation is 1. The van der Waals surface area contributed by atoms with E-state index in [2.05, 4.69) is 6.07 Å². The minimum atomic E-state index is -0.327. The molecule has 0 aliphatic heterocycles. The number of hydrogen-bond donors (Lipinski definition) is 0. The maximum Gasteiger partial charge on any atom is 0.222 e. The van der Waals surface area contributed by atoms with Crippen molar-refractivity contribution in [1.29, 1.82) is 0 Å². The molecule has 1 unspecified atom stereocenters. The van der Waals surface area contributed by atoms with E-state index in [1.54, 1.807) is 7.11 Å². The van der Waals surface area contributed by atoms with Crippen LogP contribution in [0.1, 0.15) is 29.0 Å². The Morgan fingerprint density at radius 2 is 1.85 bits per heavy atom. The monoisotopic (exact) mass is 288 g/mol. The zero-order chi connectivity index (χ0) is 14.5. The third kappa shape index (κ3) is 3.40. The SMILES string of the molecule is COc1ccc(C(CC(=O)Cl)c2ccccc2)cc1C. The fourth-order valence-electron chi connectivity index (χ4n) is 2.39. The first-order chi connectivity index (χ1) is 9.61. The largest absolute Gasteiger partial charge is 0.496 e. The first-order valence-electron chi connectivity index (χ1n) is 6.49. The zero-order valence-corrected chi connectivity index (χ0v) is 12.4. The van der Waals surface area contributed by atoms with Gasteiger partial charge in [0.15, 0.2) is 0 Å². The normalized spacial score (nSPS) is 11.9. The van der Waals surface area contributed by atoms with Gasteiger partial charge in [0.25, 0.3) is 0 Å². The maximum absolute atomic E-state index is 11.3. The van der Waals surface area contributed by atoms with E-state index >= 15 is 0 Å². The molecule has 0 saturated heterocycles. The fourth-order valence-corrected chi connectivity index (χ4v) is 2.55. The van der Waals surface area contributed by atoms with Crippen LogP contribution in [0.15, 0.2) is 48.5 Å². The van der Waals surface area contributed by atoms with Crippen LogP contribution in [0, 0.1) is 6.92 Å². The fraction of sp³-hybridized carbons (Fsp3) is 0.235. The average Bonchev–Trinajstić information content (AvgIpc) is 2.45. The van der Waals surface area contributed by atoms with Gasteiger partial charge in [-0.25, -0.2) is 0 Å². The Kier molecular flexibility index (Phi) is 4.80. The van der Waals surface area contributed by atoms with Crippen LogP contribution in [-0.4, -0.2) is 12.4 Å². The Hall–Kier alpha value is -1.80. The molecular weight excluding hydrogens is 272 g/mol. The van der Waals surface area contributed by atoms with Crippen LogP contribution in [0.3, 0.4) is 0 Å². The minimum Gasteiger partial charge on any atom is -0.496 e. The van der Waals surface area contributed by atoms with Gasteiger partial charge in [-0.3, -0.25) is 4.79 Å². The molecule has 0 aliphatic rings. The second-order valence-corrected chi connectivity index (χ2v) is 5.17. The van der Waals surface area contributed by atoms with Crippen LogP contribution in [0.2, 0.25) is 0 Å². The van der Waals surface area contributed by atoms with Gasteiger partial charge < -0.3 is 4.74 Å². The molecule has 1 atom stereocenters. The van der Waals surface area contributed by atoms with Crippen LogP contribution in [0.4, 0.5) is 0 Å². The number of methoxy groups -OCH3 is 1. The summed E-state index contributed by atoms with van der Waals surface area (Å²) in [4.78, 5) is 11.3. The summed E-state index contributed by atoms with van der Waals surface area (Å²) >= 11 is 5.61. The smallest absolute Gasteiger partial charge is 0.222 e. The third-order valence-corrected chi connectivity index (χ3v) is 3.54. The number of halogens is 1. The quantitative estimate of drug-likeness (QED) is 0.767. The van der Waals surface area contributed by atoms with Crippen LogP contribution < -0.4 is 4.74 Å².